The van der Waals surface area contributed by atoms with E-state index in [0.29, 0.717) is 18.3 Å². The number of nitrogens with one attached hydrogen (secondary N) is 1. The molecular weight excluding hydrogens is 388 g/mol. The molecule has 0 saturated heterocycles. The monoisotopic (exact) mass is 414 g/mol. The van der Waals surface area contributed by atoms with Crippen LogP contribution in [0, 0.1) is 6.92 Å². The SMILES string of the molecule is Cc1nc(C(=O)NCCc2ccc(-n3cccn3)cc2)nn1-c1ccccc1C(C)C. The Morgan fingerprint density at radius 2 is 1.84 bits per heavy atom. The summed E-state index contributed by atoms with van der Waals surface area (Å²) in [4.78, 5) is 17.0. The molecule has 7 nitrogen and oxygen atoms in total. The van der Waals surface area contributed by atoms with Crippen molar-refractivity contribution >= 4 is 5.91 Å². The summed E-state index contributed by atoms with van der Waals surface area (Å²) < 4.78 is 3.56. The first-order chi connectivity index (χ1) is 15.0. The van der Waals surface area contributed by atoms with Crippen molar-refractivity contribution in [3.05, 3.63) is 89.8 Å². The van der Waals surface area contributed by atoms with Crippen LogP contribution >= 0.6 is 0 Å². The van der Waals surface area contributed by atoms with Gasteiger partial charge < -0.3 is 5.32 Å². The first-order valence-corrected chi connectivity index (χ1v) is 10.4. The molecule has 1 amide bonds. The molecule has 2 heterocycles. The van der Waals surface area contributed by atoms with Gasteiger partial charge in [0.15, 0.2) is 0 Å². The lowest BCUT2D eigenvalue weighted by atomic mass is 10.0. The van der Waals surface area contributed by atoms with E-state index >= 15 is 0 Å². The van der Waals surface area contributed by atoms with Crippen molar-refractivity contribution in [1.82, 2.24) is 29.9 Å². The topological polar surface area (TPSA) is 77.6 Å². The average molecular weight is 415 g/mol. The maximum atomic E-state index is 12.6. The summed E-state index contributed by atoms with van der Waals surface area (Å²) in [6, 6.07) is 18.1. The summed E-state index contributed by atoms with van der Waals surface area (Å²) in [5.41, 5.74) is 4.27. The predicted octanol–water partition coefficient (Wildman–Crippen LogP) is 3.86. The Labute approximate surface area is 181 Å². The maximum absolute atomic E-state index is 12.6. The lowest BCUT2D eigenvalue weighted by Gasteiger charge is -2.12. The Morgan fingerprint density at radius 1 is 1.06 bits per heavy atom. The molecule has 0 aliphatic carbocycles. The molecule has 0 bridgehead atoms. The Morgan fingerprint density at radius 3 is 2.55 bits per heavy atom. The standard InChI is InChI=1S/C24H26N6O/c1-17(2)21-7-4-5-8-22(21)30-18(3)27-23(28-30)24(31)25-15-13-19-9-11-20(12-10-19)29-16-6-14-26-29/h4-12,14,16-17H,13,15H2,1-3H3,(H,25,31). The van der Waals surface area contributed by atoms with Gasteiger partial charge >= 0.3 is 0 Å². The van der Waals surface area contributed by atoms with Gasteiger partial charge in [0.2, 0.25) is 5.82 Å². The number of carbonyl (C=O) groups excluding carboxylic acids is 1. The van der Waals surface area contributed by atoms with Gasteiger partial charge in [0, 0.05) is 18.9 Å². The zero-order valence-electron chi connectivity index (χ0n) is 18.0. The first kappa shape index (κ1) is 20.5. The highest BCUT2D eigenvalue weighted by atomic mass is 16.2. The Hall–Kier alpha value is -3.74. The molecule has 2 aromatic heterocycles. The molecule has 0 aliphatic rings. The fraction of sp³-hybridized carbons (Fsp3) is 0.250. The van der Waals surface area contributed by atoms with E-state index in [1.165, 1.54) is 5.56 Å². The van der Waals surface area contributed by atoms with E-state index in [-0.39, 0.29) is 11.7 Å². The molecule has 0 spiro atoms. The van der Waals surface area contributed by atoms with Gasteiger partial charge in [0.05, 0.1) is 11.4 Å². The van der Waals surface area contributed by atoms with Crippen molar-refractivity contribution in [1.29, 1.82) is 0 Å². The molecule has 0 aliphatic heterocycles. The van der Waals surface area contributed by atoms with Crippen LogP contribution in [-0.4, -0.2) is 37.0 Å². The molecular formula is C24H26N6O. The van der Waals surface area contributed by atoms with Crippen LogP contribution in [-0.2, 0) is 6.42 Å². The van der Waals surface area contributed by atoms with Crippen LogP contribution in [0.5, 0.6) is 0 Å². The fourth-order valence-corrected chi connectivity index (χ4v) is 3.52. The molecule has 158 valence electrons. The van der Waals surface area contributed by atoms with Crippen LogP contribution < -0.4 is 5.32 Å². The third-order valence-corrected chi connectivity index (χ3v) is 5.16. The van der Waals surface area contributed by atoms with Gasteiger partial charge in [-0.1, -0.05) is 44.2 Å². The van der Waals surface area contributed by atoms with Crippen molar-refractivity contribution in [3.63, 3.8) is 0 Å². The molecule has 4 rings (SSSR count). The molecule has 2 aromatic carbocycles. The molecule has 0 radical (unpaired) electrons. The number of amides is 1. The van der Waals surface area contributed by atoms with E-state index in [0.717, 1.165) is 23.4 Å². The first-order valence-electron chi connectivity index (χ1n) is 10.4. The third-order valence-electron chi connectivity index (χ3n) is 5.16. The summed E-state index contributed by atoms with van der Waals surface area (Å²) in [5.74, 6) is 0.950. The molecule has 4 aromatic rings. The van der Waals surface area contributed by atoms with Gasteiger partial charge in [0.25, 0.3) is 5.91 Å². The van der Waals surface area contributed by atoms with Gasteiger partial charge in [-0.15, -0.1) is 5.10 Å². The normalized spacial score (nSPS) is 11.1. The zero-order valence-corrected chi connectivity index (χ0v) is 18.0. The van der Waals surface area contributed by atoms with E-state index in [4.69, 9.17) is 0 Å². The summed E-state index contributed by atoms with van der Waals surface area (Å²) in [5, 5.41) is 11.6. The van der Waals surface area contributed by atoms with Gasteiger partial charge in [-0.3, -0.25) is 4.79 Å². The minimum absolute atomic E-state index is 0.185. The smallest absolute Gasteiger partial charge is 0.290 e. The highest BCUT2D eigenvalue weighted by molar-refractivity contribution is 5.90. The number of hydrogen-bond acceptors (Lipinski definition) is 4. The van der Waals surface area contributed by atoms with Crippen LogP contribution in [0.3, 0.4) is 0 Å². The number of aromatic nitrogens is 5. The Bertz CT molecular complexity index is 1160. The highest BCUT2D eigenvalue weighted by Gasteiger charge is 2.17. The van der Waals surface area contributed by atoms with Crippen LogP contribution in [0.25, 0.3) is 11.4 Å². The van der Waals surface area contributed by atoms with Gasteiger partial charge in [-0.2, -0.15) is 5.10 Å². The van der Waals surface area contributed by atoms with E-state index < -0.39 is 0 Å². The van der Waals surface area contributed by atoms with E-state index in [1.54, 1.807) is 10.9 Å². The third kappa shape index (κ3) is 4.55. The van der Waals surface area contributed by atoms with Crippen molar-refractivity contribution in [3.8, 4) is 11.4 Å². The van der Waals surface area contributed by atoms with E-state index in [1.807, 2.05) is 66.3 Å². The number of para-hydroxylation sites is 1. The molecule has 7 heteroatoms. The number of hydrogen-bond donors (Lipinski definition) is 1. The van der Waals surface area contributed by atoms with Gasteiger partial charge in [0.1, 0.15) is 5.82 Å². The number of rotatable bonds is 7. The van der Waals surface area contributed by atoms with Crippen molar-refractivity contribution in [2.45, 2.75) is 33.1 Å². The van der Waals surface area contributed by atoms with Crippen LogP contribution in [0.2, 0.25) is 0 Å². The lowest BCUT2D eigenvalue weighted by Crippen LogP contribution is -2.27. The second-order valence-corrected chi connectivity index (χ2v) is 7.73. The Kier molecular flexibility index (Phi) is 5.93. The number of carbonyl (C=O) groups is 1. The number of aryl methyl sites for hydroxylation is 1. The molecule has 0 atom stereocenters. The van der Waals surface area contributed by atoms with E-state index in [9.17, 15) is 4.79 Å². The summed E-state index contributed by atoms with van der Waals surface area (Å²) in [6.45, 7) is 6.65. The predicted molar refractivity (Wildman–Crippen MR) is 120 cm³/mol. The maximum Gasteiger partial charge on any atom is 0.290 e. The largest absolute Gasteiger partial charge is 0.349 e. The second-order valence-electron chi connectivity index (χ2n) is 7.73. The van der Waals surface area contributed by atoms with Crippen molar-refractivity contribution in [2.24, 2.45) is 0 Å². The van der Waals surface area contributed by atoms with Crippen LogP contribution in [0.1, 0.15) is 47.3 Å². The minimum Gasteiger partial charge on any atom is -0.349 e. The van der Waals surface area contributed by atoms with Gasteiger partial charge in [-0.25, -0.2) is 14.3 Å². The van der Waals surface area contributed by atoms with E-state index in [2.05, 4.69) is 40.4 Å². The lowest BCUT2D eigenvalue weighted by molar-refractivity contribution is 0.0944. The fourth-order valence-electron chi connectivity index (χ4n) is 3.52. The Balaban J connectivity index is 1.39. The zero-order chi connectivity index (χ0) is 21.8. The molecule has 0 fully saturated rings. The summed E-state index contributed by atoms with van der Waals surface area (Å²) in [6.07, 6.45) is 4.38. The highest BCUT2D eigenvalue weighted by Crippen LogP contribution is 2.23. The molecule has 1 N–H and O–H groups in total. The number of benzene rings is 2. The quantitative estimate of drug-likeness (QED) is 0.498. The molecule has 31 heavy (non-hydrogen) atoms. The minimum atomic E-state index is -0.267. The van der Waals surface area contributed by atoms with Crippen molar-refractivity contribution in [2.75, 3.05) is 6.54 Å². The van der Waals surface area contributed by atoms with Gasteiger partial charge in [-0.05, 0) is 54.7 Å². The van der Waals surface area contributed by atoms with Crippen LogP contribution in [0.4, 0.5) is 0 Å². The molecule has 0 unspecified atom stereocenters. The number of nitrogens with zero attached hydrogens (tertiary/aromatic N) is 5. The second kappa shape index (κ2) is 8.95. The summed E-state index contributed by atoms with van der Waals surface area (Å²) >= 11 is 0. The molecule has 0 saturated carbocycles. The average Bonchev–Trinajstić information content (AvgIpc) is 3.44. The van der Waals surface area contributed by atoms with Crippen molar-refractivity contribution < 1.29 is 4.79 Å². The van der Waals surface area contributed by atoms with Crippen LogP contribution in [0.15, 0.2) is 67.0 Å². The summed E-state index contributed by atoms with van der Waals surface area (Å²) in [7, 11) is 0.